The van der Waals surface area contributed by atoms with Gasteiger partial charge >= 0.3 is 6.09 Å². The van der Waals surface area contributed by atoms with Crippen LogP contribution in [-0.2, 0) is 4.74 Å². The molecule has 1 aromatic rings. The van der Waals surface area contributed by atoms with Crippen molar-refractivity contribution < 1.29 is 14.3 Å². The van der Waals surface area contributed by atoms with Crippen LogP contribution in [0.5, 0.6) is 5.88 Å². The lowest BCUT2D eigenvalue weighted by Gasteiger charge is -2.39. The zero-order chi connectivity index (χ0) is 16.6. The molecule has 5 nitrogen and oxygen atoms in total. The minimum Gasteiger partial charge on any atom is -0.474 e. The molecule has 2 aliphatic heterocycles. The van der Waals surface area contributed by atoms with Crippen LogP contribution in [0.4, 0.5) is 4.79 Å². The SMILES string of the molecule is CC(C)(C)OC(=O)N1[C@@H]2CC[C@H]1C[C@@H](Oc1cc(Br)ccn1)C2. The molecule has 3 atom stereocenters. The molecule has 2 saturated heterocycles. The van der Waals surface area contributed by atoms with E-state index in [0.717, 1.165) is 30.2 Å². The van der Waals surface area contributed by atoms with Crippen LogP contribution in [0.2, 0.25) is 0 Å². The van der Waals surface area contributed by atoms with E-state index in [1.807, 2.05) is 37.8 Å². The van der Waals surface area contributed by atoms with Gasteiger partial charge in [-0.3, -0.25) is 0 Å². The smallest absolute Gasteiger partial charge is 0.410 e. The summed E-state index contributed by atoms with van der Waals surface area (Å²) >= 11 is 3.43. The Balaban J connectivity index is 1.64. The predicted molar refractivity (Wildman–Crippen MR) is 90.5 cm³/mol. The molecule has 3 rings (SSSR count). The highest BCUT2D eigenvalue weighted by atomic mass is 79.9. The van der Waals surface area contributed by atoms with Crippen molar-refractivity contribution in [3.8, 4) is 5.88 Å². The van der Waals surface area contributed by atoms with Gasteiger partial charge in [-0.1, -0.05) is 15.9 Å². The fourth-order valence-corrected chi connectivity index (χ4v) is 3.77. The van der Waals surface area contributed by atoms with Crippen molar-refractivity contribution in [2.75, 3.05) is 0 Å². The number of hydrogen-bond donors (Lipinski definition) is 0. The first-order valence-electron chi connectivity index (χ1n) is 8.11. The highest BCUT2D eigenvalue weighted by molar-refractivity contribution is 9.10. The van der Waals surface area contributed by atoms with Gasteiger partial charge in [-0.2, -0.15) is 0 Å². The van der Waals surface area contributed by atoms with E-state index in [4.69, 9.17) is 9.47 Å². The van der Waals surface area contributed by atoms with Gasteiger partial charge in [0.1, 0.15) is 11.7 Å². The number of fused-ring (bicyclic) bond motifs is 2. The normalized spacial score (nSPS) is 27.0. The van der Waals surface area contributed by atoms with E-state index in [2.05, 4.69) is 20.9 Å². The molecule has 3 heterocycles. The Bertz CT molecular complexity index is 573. The largest absolute Gasteiger partial charge is 0.474 e. The number of ether oxygens (including phenoxy) is 2. The Labute approximate surface area is 145 Å². The lowest BCUT2D eigenvalue weighted by molar-refractivity contribution is -0.00760. The van der Waals surface area contributed by atoms with E-state index >= 15 is 0 Å². The maximum atomic E-state index is 12.4. The van der Waals surface area contributed by atoms with Crippen molar-refractivity contribution >= 4 is 22.0 Å². The molecule has 0 aliphatic carbocycles. The number of nitrogens with zero attached hydrogens (tertiary/aromatic N) is 2. The highest BCUT2D eigenvalue weighted by Crippen LogP contribution is 2.38. The summed E-state index contributed by atoms with van der Waals surface area (Å²) in [5.41, 5.74) is -0.454. The average Bonchev–Trinajstić information content (AvgIpc) is 2.69. The quantitative estimate of drug-likeness (QED) is 0.770. The second kappa shape index (κ2) is 6.30. The summed E-state index contributed by atoms with van der Waals surface area (Å²) in [6, 6.07) is 4.17. The molecule has 1 aromatic heterocycles. The van der Waals surface area contributed by atoms with Crippen LogP contribution in [0.25, 0.3) is 0 Å². The number of amides is 1. The number of piperidine rings is 1. The fourth-order valence-electron chi connectivity index (χ4n) is 3.46. The zero-order valence-corrected chi connectivity index (χ0v) is 15.4. The van der Waals surface area contributed by atoms with Gasteiger partial charge in [0.05, 0.1) is 0 Å². The number of aromatic nitrogens is 1. The second-order valence-corrected chi connectivity index (χ2v) is 8.21. The second-order valence-electron chi connectivity index (χ2n) is 7.30. The first-order valence-corrected chi connectivity index (χ1v) is 8.90. The fraction of sp³-hybridized carbons (Fsp3) is 0.647. The molecule has 0 saturated carbocycles. The number of pyridine rings is 1. The minimum absolute atomic E-state index is 0.105. The van der Waals surface area contributed by atoms with Crippen LogP contribution in [0.1, 0.15) is 46.5 Å². The monoisotopic (exact) mass is 382 g/mol. The Morgan fingerprint density at radius 3 is 2.52 bits per heavy atom. The molecule has 0 N–H and O–H groups in total. The Kier molecular flexibility index (Phi) is 4.54. The molecule has 0 radical (unpaired) electrons. The van der Waals surface area contributed by atoms with Crippen LogP contribution in [0, 0.1) is 0 Å². The summed E-state index contributed by atoms with van der Waals surface area (Å²) in [5.74, 6) is 0.634. The maximum absolute atomic E-state index is 12.4. The van der Waals surface area contributed by atoms with Gasteiger partial charge in [0.2, 0.25) is 5.88 Å². The minimum atomic E-state index is -0.454. The van der Waals surface area contributed by atoms with Gasteiger partial charge in [0.25, 0.3) is 0 Å². The molecule has 2 fully saturated rings. The first-order chi connectivity index (χ1) is 10.8. The van der Waals surface area contributed by atoms with Crippen LogP contribution in [-0.4, -0.2) is 39.8 Å². The molecule has 1 amide bonds. The maximum Gasteiger partial charge on any atom is 0.410 e. The molecule has 0 spiro atoms. The van der Waals surface area contributed by atoms with E-state index in [1.165, 1.54) is 0 Å². The van der Waals surface area contributed by atoms with Gasteiger partial charge in [-0.25, -0.2) is 9.78 Å². The van der Waals surface area contributed by atoms with Crippen molar-refractivity contribution in [1.82, 2.24) is 9.88 Å². The van der Waals surface area contributed by atoms with Crippen LogP contribution in [0.3, 0.4) is 0 Å². The van der Waals surface area contributed by atoms with Gasteiger partial charge in [0, 0.05) is 41.7 Å². The summed E-state index contributed by atoms with van der Waals surface area (Å²) in [4.78, 5) is 18.6. The zero-order valence-electron chi connectivity index (χ0n) is 13.8. The molecular formula is C17H23BrN2O3. The summed E-state index contributed by atoms with van der Waals surface area (Å²) in [6.45, 7) is 5.71. The third-order valence-electron chi connectivity index (χ3n) is 4.28. The van der Waals surface area contributed by atoms with Gasteiger partial charge in [0.15, 0.2) is 0 Å². The molecule has 126 valence electrons. The molecule has 0 unspecified atom stereocenters. The van der Waals surface area contributed by atoms with E-state index < -0.39 is 5.60 Å². The number of hydrogen-bond acceptors (Lipinski definition) is 4. The van der Waals surface area contributed by atoms with Crippen LogP contribution >= 0.6 is 15.9 Å². The number of carbonyl (C=O) groups excluding carboxylic acids is 1. The molecule has 23 heavy (non-hydrogen) atoms. The van der Waals surface area contributed by atoms with E-state index in [1.54, 1.807) is 6.20 Å². The molecule has 2 aliphatic rings. The number of carbonyl (C=O) groups is 1. The van der Waals surface area contributed by atoms with Gasteiger partial charge in [-0.15, -0.1) is 0 Å². The number of halogens is 1. The summed E-state index contributed by atoms with van der Waals surface area (Å²) < 4.78 is 12.5. The lowest BCUT2D eigenvalue weighted by Crippen LogP contribution is -2.50. The highest BCUT2D eigenvalue weighted by Gasteiger charge is 2.45. The third-order valence-corrected chi connectivity index (χ3v) is 4.77. The number of rotatable bonds is 2. The van der Waals surface area contributed by atoms with Gasteiger partial charge in [-0.05, 0) is 39.7 Å². The summed E-state index contributed by atoms with van der Waals surface area (Å²) in [6.07, 6.45) is 5.36. The van der Waals surface area contributed by atoms with Crippen molar-refractivity contribution in [3.63, 3.8) is 0 Å². The van der Waals surface area contributed by atoms with Crippen LogP contribution in [0.15, 0.2) is 22.8 Å². The van der Waals surface area contributed by atoms with E-state index in [-0.39, 0.29) is 24.3 Å². The molecule has 6 heteroatoms. The van der Waals surface area contributed by atoms with E-state index in [0.29, 0.717) is 5.88 Å². The van der Waals surface area contributed by atoms with Gasteiger partial charge < -0.3 is 14.4 Å². The first kappa shape index (κ1) is 16.6. The lowest BCUT2D eigenvalue weighted by atomic mass is 10.0. The Morgan fingerprint density at radius 2 is 1.96 bits per heavy atom. The molecular weight excluding hydrogens is 360 g/mol. The predicted octanol–water partition coefficient (Wildman–Crippen LogP) is 4.15. The van der Waals surface area contributed by atoms with E-state index in [9.17, 15) is 4.79 Å². The Hall–Kier alpha value is -1.30. The topological polar surface area (TPSA) is 51.7 Å². The Morgan fingerprint density at radius 1 is 1.30 bits per heavy atom. The summed E-state index contributed by atoms with van der Waals surface area (Å²) in [5, 5.41) is 0. The average molecular weight is 383 g/mol. The van der Waals surface area contributed by atoms with Crippen molar-refractivity contribution in [3.05, 3.63) is 22.8 Å². The summed E-state index contributed by atoms with van der Waals surface area (Å²) in [7, 11) is 0. The van der Waals surface area contributed by atoms with Crippen molar-refractivity contribution in [1.29, 1.82) is 0 Å². The molecule has 0 aromatic carbocycles. The third kappa shape index (κ3) is 3.97. The van der Waals surface area contributed by atoms with Crippen molar-refractivity contribution in [2.24, 2.45) is 0 Å². The standard InChI is InChI=1S/C17H23BrN2O3/c1-17(2,3)23-16(21)20-12-4-5-13(20)10-14(9-12)22-15-8-11(18)6-7-19-15/h6-8,12-14H,4-5,9-10H2,1-3H3/t12-,13+,14+. The van der Waals surface area contributed by atoms with Crippen LogP contribution < -0.4 is 4.74 Å². The molecule has 2 bridgehead atoms. The van der Waals surface area contributed by atoms with Crippen molar-refractivity contribution in [2.45, 2.75) is 70.2 Å².